The van der Waals surface area contributed by atoms with E-state index in [9.17, 15) is 4.79 Å². The minimum atomic E-state index is 0.212. The molecule has 3 rings (SSSR count). The van der Waals surface area contributed by atoms with E-state index in [0.717, 1.165) is 36.0 Å². The molecule has 1 amide bonds. The second-order valence-corrected chi connectivity index (χ2v) is 8.31. The molecule has 0 aliphatic carbocycles. The van der Waals surface area contributed by atoms with Gasteiger partial charge in [-0.1, -0.05) is 54.1 Å². The molecule has 0 N–H and O–H groups in total. The number of likely N-dealkylation sites (tertiary alicyclic amines) is 1. The van der Waals surface area contributed by atoms with Crippen molar-refractivity contribution in [3.8, 4) is 5.69 Å². The molecule has 23 heavy (non-hydrogen) atoms. The molecule has 1 saturated heterocycles. The number of rotatable bonds is 4. The summed E-state index contributed by atoms with van der Waals surface area (Å²) in [6.45, 7) is 1.79. The first kappa shape index (κ1) is 16.7. The lowest BCUT2D eigenvalue weighted by molar-refractivity contribution is -0.128. The summed E-state index contributed by atoms with van der Waals surface area (Å²) in [5.74, 6) is 0.654. The maximum atomic E-state index is 12.3. The van der Waals surface area contributed by atoms with E-state index in [1.54, 1.807) is 4.68 Å². The monoisotopic (exact) mass is 365 g/mol. The molecule has 0 spiro atoms. The molecule has 0 saturated carbocycles. The zero-order valence-electron chi connectivity index (χ0n) is 12.8. The zero-order chi connectivity index (χ0) is 16.1. The highest BCUT2D eigenvalue weighted by Crippen LogP contribution is 2.24. The molecular weight excluding hydrogens is 346 g/mol. The molecule has 122 valence electrons. The molecule has 4 nitrogen and oxygen atoms in total. The molecule has 0 atom stereocenters. The second-order valence-electron chi connectivity index (χ2n) is 5.46. The Morgan fingerprint density at radius 3 is 2.57 bits per heavy atom. The highest BCUT2D eigenvalue weighted by atomic mass is 32.2. The van der Waals surface area contributed by atoms with Crippen LogP contribution in [0.25, 0.3) is 5.69 Å². The number of para-hydroxylation sites is 1. The van der Waals surface area contributed by atoms with Crippen LogP contribution < -0.4 is 0 Å². The van der Waals surface area contributed by atoms with Gasteiger partial charge in [-0.25, -0.2) is 4.68 Å². The summed E-state index contributed by atoms with van der Waals surface area (Å²) in [4.78, 5) is 14.3. The summed E-state index contributed by atoms with van der Waals surface area (Å²) >= 11 is 8.34. The fraction of sp³-hybridized carbons (Fsp3) is 0.438. The quantitative estimate of drug-likeness (QED) is 0.602. The molecule has 0 unspecified atom stereocenters. The van der Waals surface area contributed by atoms with Crippen LogP contribution in [0.15, 0.2) is 34.7 Å². The van der Waals surface area contributed by atoms with Crippen LogP contribution in [0, 0.1) is 3.95 Å². The molecule has 1 aliphatic rings. The van der Waals surface area contributed by atoms with Crippen molar-refractivity contribution < 1.29 is 4.79 Å². The van der Waals surface area contributed by atoms with Crippen molar-refractivity contribution in [2.75, 3.05) is 18.8 Å². The number of amides is 1. The Labute approximate surface area is 149 Å². The fourth-order valence-electron chi connectivity index (χ4n) is 2.59. The molecule has 0 bridgehead atoms. The summed E-state index contributed by atoms with van der Waals surface area (Å²) in [5, 5.41) is 4.54. The van der Waals surface area contributed by atoms with Gasteiger partial charge in [0.25, 0.3) is 0 Å². The third-order valence-electron chi connectivity index (χ3n) is 3.81. The molecule has 1 fully saturated rings. The van der Waals surface area contributed by atoms with E-state index in [4.69, 9.17) is 12.2 Å². The summed E-state index contributed by atoms with van der Waals surface area (Å²) in [6.07, 6.45) is 4.72. The number of carbonyl (C=O) groups is 1. The van der Waals surface area contributed by atoms with Gasteiger partial charge in [0.05, 0.1) is 11.4 Å². The lowest BCUT2D eigenvalue weighted by Crippen LogP contribution is -2.33. The maximum absolute atomic E-state index is 12.3. The van der Waals surface area contributed by atoms with Gasteiger partial charge < -0.3 is 4.90 Å². The van der Waals surface area contributed by atoms with Gasteiger partial charge in [-0.2, -0.15) is 0 Å². The minimum absolute atomic E-state index is 0.212. The SMILES string of the molecule is O=C(CSc1nn(-c2ccccc2)c(=S)s1)N1CCCCCC1. The van der Waals surface area contributed by atoms with Crippen molar-refractivity contribution in [2.45, 2.75) is 30.0 Å². The molecule has 1 aromatic carbocycles. The Bertz CT molecular complexity index is 703. The maximum Gasteiger partial charge on any atom is 0.233 e. The van der Waals surface area contributed by atoms with E-state index >= 15 is 0 Å². The van der Waals surface area contributed by atoms with E-state index in [-0.39, 0.29) is 5.91 Å². The van der Waals surface area contributed by atoms with Gasteiger partial charge >= 0.3 is 0 Å². The van der Waals surface area contributed by atoms with E-state index in [1.165, 1.54) is 35.9 Å². The first-order valence-electron chi connectivity index (χ1n) is 7.80. The molecule has 1 aliphatic heterocycles. The van der Waals surface area contributed by atoms with Crippen molar-refractivity contribution in [3.05, 3.63) is 34.3 Å². The Morgan fingerprint density at radius 2 is 1.87 bits per heavy atom. The number of thioether (sulfide) groups is 1. The van der Waals surface area contributed by atoms with Gasteiger partial charge in [0, 0.05) is 13.1 Å². The number of nitrogens with zero attached hydrogens (tertiary/aromatic N) is 3. The Kier molecular flexibility index (Phi) is 5.85. The summed E-state index contributed by atoms with van der Waals surface area (Å²) in [7, 11) is 0. The first-order chi connectivity index (χ1) is 11.2. The minimum Gasteiger partial charge on any atom is -0.342 e. The number of hydrogen-bond acceptors (Lipinski definition) is 5. The predicted octanol–water partition coefficient (Wildman–Crippen LogP) is 4.16. The van der Waals surface area contributed by atoms with E-state index in [1.807, 2.05) is 35.2 Å². The summed E-state index contributed by atoms with van der Waals surface area (Å²) in [5.41, 5.74) is 0.958. The van der Waals surface area contributed by atoms with Gasteiger partial charge in [0.2, 0.25) is 5.91 Å². The van der Waals surface area contributed by atoms with Crippen LogP contribution in [0.4, 0.5) is 0 Å². The van der Waals surface area contributed by atoms with E-state index in [0.29, 0.717) is 9.71 Å². The van der Waals surface area contributed by atoms with Crippen LogP contribution in [-0.2, 0) is 4.79 Å². The number of aromatic nitrogens is 2. The molecule has 2 aromatic rings. The van der Waals surface area contributed by atoms with Crippen LogP contribution in [0.5, 0.6) is 0 Å². The third kappa shape index (κ3) is 4.43. The van der Waals surface area contributed by atoms with Crippen LogP contribution in [0.1, 0.15) is 25.7 Å². The smallest absolute Gasteiger partial charge is 0.233 e. The average Bonchev–Trinajstić information content (AvgIpc) is 2.78. The normalized spacial score (nSPS) is 15.4. The molecule has 0 radical (unpaired) electrons. The van der Waals surface area contributed by atoms with Gasteiger partial charge in [0.1, 0.15) is 0 Å². The average molecular weight is 366 g/mol. The molecule has 2 heterocycles. The lowest BCUT2D eigenvalue weighted by Gasteiger charge is -2.19. The number of carbonyl (C=O) groups excluding carboxylic acids is 1. The predicted molar refractivity (Wildman–Crippen MR) is 98.0 cm³/mol. The van der Waals surface area contributed by atoms with Crippen molar-refractivity contribution >= 4 is 41.2 Å². The van der Waals surface area contributed by atoms with Crippen molar-refractivity contribution in [3.63, 3.8) is 0 Å². The number of benzene rings is 1. The van der Waals surface area contributed by atoms with Crippen LogP contribution in [0.3, 0.4) is 0 Å². The van der Waals surface area contributed by atoms with Crippen LogP contribution in [0.2, 0.25) is 0 Å². The van der Waals surface area contributed by atoms with Crippen LogP contribution >= 0.6 is 35.3 Å². The Hall–Kier alpha value is -1.18. The number of hydrogen-bond donors (Lipinski definition) is 0. The molecule has 1 aromatic heterocycles. The van der Waals surface area contributed by atoms with Crippen molar-refractivity contribution in [1.82, 2.24) is 14.7 Å². The Balaban J connectivity index is 1.63. The van der Waals surface area contributed by atoms with Crippen molar-refractivity contribution in [1.29, 1.82) is 0 Å². The van der Waals surface area contributed by atoms with Gasteiger partial charge in [0.15, 0.2) is 8.29 Å². The first-order valence-corrected chi connectivity index (χ1v) is 10.0. The topological polar surface area (TPSA) is 38.1 Å². The van der Waals surface area contributed by atoms with E-state index < -0.39 is 0 Å². The van der Waals surface area contributed by atoms with Gasteiger partial charge in [-0.15, -0.1) is 5.10 Å². The van der Waals surface area contributed by atoms with Crippen molar-refractivity contribution in [2.24, 2.45) is 0 Å². The van der Waals surface area contributed by atoms with Crippen LogP contribution in [-0.4, -0.2) is 39.4 Å². The third-order valence-corrected chi connectivity index (χ3v) is 6.16. The summed E-state index contributed by atoms with van der Waals surface area (Å²) < 4.78 is 3.32. The fourth-order valence-corrected chi connectivity index (χ4v) is 4.85. The standard InChI is InChI=1S/C16H19N3OS3/c20-14(18-10-6-1-2-7-11-18)12-22-15-17-19(16(21)23-15)13-8-4-3-5-9-13/h3-5,8-9H,1-2,6-7,10-12H2. The molecule has 7 heteroatoms. The lowest BCUT2D eigenvalue weighted by atomic mass is 10.2. The highest BCUT2D eigenvalue weighted by Gasteiger charge is 2.16. The van der Waals surface area contributed by atoms with Gasteiger partial charge in [-0.3, -0.25) is 4.79 Å². The molecular formula is C16H19N3OS3. The zero-order valence-corrected chi connectivity index (χ0v) is 15.3. The largest absolute Gasteiger partial charge is 0.342 e. The summed E-state index contributed by atoms with van der Waals surface area (Å²) in [6, 6.07) is 9.85. The Morgan fingerprint density at radius 1 is 1.17 bits per heavy atom. The second kappa shape index (κ2) is 8.08. The van der Waals surface area contributed by atoms with E-state index in [2.05, 4.69) is 5.10 Å². The van der Waals surface area contributed by atoms with Gasteiger partial charge in [-0.05, 0) is 37.2 Å². The highest BCUT2D eigenvalue weighted by molar-refractivity contribution is 8.01.